The second kappa shape index (κ2) is 4.68. The second-order valence-electron chi connectivity index (χ2n) is 4.16. The lowest BCUT2D eigenvalue weighted by atomic mass is 10.1. The lowest BCUT2D eigenvalue weighted by molar-refractivity contribution is -0.117. The van der Waals surface area contributed by atoms with Crippen LogP contribution in [0.3, 0.4) is 0 Å². The number of thiophene rings is 1. The predicted molar refractivity (Wildman–Crippen MR) is 67.5 cm³/mol. The number of nitriles is 1. The number of rotatable bonds is 3. The van der Waals surface area contributed by atoms with Crippen molar-refractivity contribution in [2.45, 2.75) is 6.42 Å². The minimum Gasteiger partial charge on any atom is -0.302 e. The SMILES string of the molecule is N#Cc1ccsc1N1CC(CS(N)(=O)=O)CC1=O. The first-order valence-electron chi connectivity index (χ1n) is 5.19. The molecule has 1 fully saturated rings. The van der Waals surface area contributed by atoms with Crippen LogP contribution in [0.15, 0.2) is 11.4 Å². The molecule has 2 rings (SSSR count). The predicted octanol–water partition coefficient (Wildman–Crippen LogP) is 0.261. The number of hydrogen-bond donors (Lipinski definition) is 1. The maximum absolute atomic E-state index is 11.8. The average Bonchev–Trinajstić information content (AvgIpc) is 2.81. The highest BCUT2D eigenvalue weighted by Gasteiger charge is 2.34. The number of amides is 1. The van der Waals surface area contributed by atoms with Gasteiger partial charge in [-0.25, -0.2) is 13.6 Å². The largest absolute Gasteiger partial charge is 0.302 e. The molecular weight excluding hydrogens is 274 g/mol. The van der Waals surface area contributed by atoms with E-state index < -0.39 is 10.0 Å². The average molecular weight is 285 g/mol. The van der Waals surface area contributed by atoms with Gasteiger partial charge in [0.1, 0.15) is 11.1 Å². The fourth-order valence-corrected chi connectivity index (χ4v) is 3.77. The molecule has 1 amide bonds. The normalized spacial score (nSPS) is 20.1. The summed E-state index contributed by atoms with van der Waals surface area (Å²) in [6, 6.07) is 3.65. The number of carbonyl (C=O) groups excluding carboxylic acids is 1. The molecule has 1 atom stereocenters. The minimum atomic E-state index is -3.58. The number of nitrogens with two attached hydrogens (primary N) is 1. The molecule has 1 aromatic heterocycles. The van der Waals surface area contributed by atoms with Gasteiger partial charge in [-0.2, -0.15) is 5.26 Å². The number of nitrogens with zero attached hydrogens (tertiary/aromatic N) is 2. The van der Waals surface area contributed by atoms with Crippen molar-refractivity contribution >= 4 is 32.3 Å². The smallest absolute Gasteiger partial charge is 0.228 e. The molecule has 1 aromatic rings. The second-order valence-corrected chi connectivity index (χ2v) is 6.71. The lowest BCUT2D eigenvalue weighted by Crippen LogP contribution is -2.27. The van der Waals surface area contributed by atoms with E-state index in [1.54, 1.807) is 11.4 Å². The maximum Gasteiger partial charge on any atom is 0.228 e. The van der Waals surface area contributed by atoms with Crippen LogP contribution in [0.2, 0.25) is 0 Å². The Hall–Kier alpha value is -1.43. The molecule has 1 saturated heterocycles. The van der Waals surface area contributed by atoms with Crippen LogP contribution in [0.1, 0.15) is 12.0 Å². The van der Waals surface area contributed by atoms with Crippen LogP contribution in [0.25, 0.3) is 0 Å². The van der Waals surface area contributed by atoms with Gasteiger partial charge in [-0.1, -0.05) is 0 Å². The summed E-state index contributed by atoms with van der Waals surface area (Å²) in [5.41, 5.74) is 0.435. The number of carbonyl (C=O) groups is 1. The Bertz CT molecular complexity index is 615. The zero-order chi connectivity index (χ0) is 13.3. The molecule has 8 heteroatoms. The van der Waals surface area contributed by atoms with Gasteiger partial charge in [0.2, 0.25) is 15.9 Å². The summed E-state index contributed by atoms with van der Waals surface area (Å²) in [6.45, 7) is 0.296. The fourth-order valence-electron chi connectivity index (χ4n) is 2.01. The zero-order valence-corrected chi connectivity index (χ0v) is 11.0. The van der Waals surface area contributed by atoms with Crippen molar-refractivity contribution in [3.05, 3.63) is 17.0 Å². The fraction of sp³-hybridized carbons (Fsp3) is 0.400. The molecule has 0 bridgehead atoms. The molecule has 0 saturated carbocycles. The van der Waals surface area contributed by atoms with Crippen LogP contribution in [0.5, 0.6) is 0 Å². The molecule has 0 spiro atoms. The highest BCUT2D eigenvalue weighted by atomic mass is 32.2. The molecule has 1 unspecified atom stereocenters. The van der Waals surface area contributed by atoms with E-state index in [-0.39, 0.29) is 24.0 Å². The first-order chi connectivity index (χ1) is 8.40. The highest BCUT2D eigenvalue weighted by Crippen LogP contribution is 2.32. The Morgan fingerprint density at radius 2 is 2.33 bits per heavy atom. The Labute approximate surface area is 109 Å². The van der Waals surface area contributed by atoms with Gasteiger partial charge >= 0.3 is 0 Å². The van der Waals surface area contributed by atoms with Crippen LogP contribution >= 0.6 is 11.3 Å². The van der Waals surface area contributed by atoms with Crippen molar-refractivity contribution in [3.8, 4) is 6.07 Å². The lowest BCUT2D eigenvalue weighted by Gasteiger charge is -2.14. The molecule has 18 heavy (non-hydrogen) atoms. The van der Waals surface area contributed by atoms with E-state index in [9.17, 15) is 13.2 Å². The molecule has 2 N–H and O–H groups in total. The topological polar surface area (TPSA) is 104 Å². The van der Waals surface area contributed by atoms with Crippen LogP contribution in [0, 0.1) is 17.2 Å². The Morgan fingerprint density at radius 3 is 2.94 bits per heavy atom. The molecule has 0 aliphatic carbocycles. The van der Waals surface area contributed by atoms with Crippen LogP contribution in [-0.2, 0) is 14.8 Å². The summed E-state index contributed by atoms with van der Waals surface area (Å²) in [5, 5.41) is 16.2. The third-order valence-electron chi connectivity index (χ3n) is 2.68. The van der Waals surface area contributed by atoms with Crippen molar-refractivity contribution < 1.29 is 13.2 Å². The quantitative estimate of drug-likeness (QED) is 0.860. The van der Waals surface area contributed by atoms with Gasteiger partial charge in [0.05, 0.1) is 11.3 Å². The summed E-state index contributed by atoms with van der Waals surface area (Å²) in [6.07, 6.45) is 0.152. The van der Waals surface area contributed by atoms with Crippen LogP contribution < -0.4 is 10.0 Å². The summed E-state index contributed by atoms with van der Waals surface area (Å²) >= 11 is 1.30. The van der Waals surface area contributed by atoms with Crippen LogP contribution in [-0.4, -0.2) is 26.6 Å². The number of primary sulfonamides is 1. The monoisotopic (exact) mass is 285 g/mol. The molecule has 96 valence electrons. The van der Waals surface area contributed by atoms with Gasteiger partial charge in [0.25, 0.3) is 0 Å². The maximum atomic E-state index is 11.8. The van der Waals surface area contributed by atoms with Gasteiger partial charge in [0.15, 0.2) is 0 Å². The Morgan fingerprint density at radius 1 is 1.61 bits per heavy atom. The zero-order valence-electron chi connectivity index (χ0n) is 9.37. The van der Waals surface area contributed by atoms with E-state index in [0.717, 1.165) is 0 Å². The van der Waals surface area contributed by atoms with E-state index >= 15 is 0 Å². The summed E-state index contributed by atoms with van der Waals surface area (Å²) in [7, 11) is -3.58. The molecule has 0 radical (unpaired) electrons. The summed E-state index contributed by atoms with van der Waals surface area (Å²) < 4.78 is 22.0. The van der Waals surface area contributed by atoms with Gasteiger partial charge in [-0.15, -0.1) is 11.3 Å². The minimum absolute atomic E-state index is 0.152. The standard InChI is InChI=1S/C10H11N3O3S2/c11-4-8-1-2-17-10(8)13-5-7(3-9(13)14)6-18(12,15)16/h1-2,7H,3,5-6H2,(H2,12,15,16). The molecule has 1 aliphatic rings. The first kappa shape index (κ1) is 13.0. The van der Waals surface area contributed by atoms with E-state index in [0.29, 0.717) is 17.1 Å². The molecule has 2 heterocycles. The van der Waals surface area contributed by atoms with Gasteiger partial charge in [0, 0.05) is 18.9 Å². The molecular formula is C10H11N3O3S2. The Kier molecular flexibility index (Phi) is 3.38. The van der Waals surface area contributed by atoms with Crippen molar-refractivity contribution in [2.75, 3.05) is 17.2 Å². The Balaban J connectivity index is 2.18. The van der Waals surface area contributed by atoms with Crippen molar-refractivity contribution in [2.24, 2.45) is 11.1 Å². The van der Waals surface area contributed by atoms with Crippen molar-refractivity contribution in [1.29, 1.82) is 5.26 Å². The third kappa shape index (κ3) is 2.69. The molecule has 0 aromatic carbocycles. The van der Waals surface area contributed by atoms with E-state index in [4.69, 9.17) is 10.4 Å². The van der Waals surface area contributed by atoms with E-state index in [1.165, 1.54) is 16.2 Å². The molecule has 6 nitrogen and oxygen atoms in total. The third-order valence-corrected chi connectivity index (χ3v) is 4.56. The number of anilines is 1. The number of hydrogen-bond acceptors (Lipinski definition) is 5. The van der Waals surface area contributed by atoms with Crippen LogP contribution in [0.4, 0.5) is 5.00 Å². The van der Waals surface area contributed by atoms with E-state index in [2.05, 4.69) is 0 Å². The summed E-state index contributed by atoms with van der Waals surface area (Å²) in [4.78, 5) is 13.3. The van der Waals surface area contributed by atoms with Gasteiger partial charge in [-0.3, -0.25) is 4.79 Å². The number of sulfonamides is 1. The van der Waals surface area contributed by atoms with Gasteiger partial charge < -0.3 is 4.90 Å². The first-order valence-corrected chi connectivity index (χ1v) is 7.78. The van der Waals surface area contributed by atoms with Gasteiger partial charge in [-0.05, 0) is 11.4 Å². The molecule has 1 aliphatic heterocycles. The highest BCUT2D eigenvalue weighted by molar-refractivity contribution is 7.89. The van der Waals surface area contributed by atoms with Crippen molar-refractivity contribution in [1.82, 2.24) is 0 Å². The van der Waals surface area contributed by atoms with E-state index in [1.807, 2.05) is 6.07 Å². The summed E-state index contributed by atoms with van der Waals surface area (Å²) in [5.74, 6) is -0.675. The van der Waals surface area contributed by atoms with Crippen molar-refractivity contribution in [3.63, 3.8) is 0 Å².